The molecule has 5 nitrogen and oxygen atoms in total. The van der Waals surface area contributed by atoms with Gasteiger partial charge in [0.05, 0.1) is 21.2 Å². The summed E-state index contributed by atoms with van der Waals surface area (Å²) in [5.41, 5.74) is 2.17. The van der Waals surface area contributed by atoms with Crippen molar-refractivity contribution in [3.05, 3.63) is 69.2 Å². The number of hydrogen-bond acceptors (Lipinski definition) is 4. The maximum absolute atomic E-state index is 12.4. The number of amides is 2. The van der Waals surface area contributed by atoms with E-state index >= 15 is 0 Å². The lowest BCUT2D eigenvalue weighted by molar-refractivity contribution is 0.0612. The van der Waals surface area contributed by atoms with Gasteiger partial charge >= 0.3 is 0 Å². The van der Waals surface area contributed by atoms with E-state index in [1.54, 1.807) is 24.3 Å². The first-order chi connectivity index (χ1) is 13.5. The third-order valence-electron chi connectivity index (χ3n) is 5.37. The van der Waals surface area contributed by atoms with E-state index < -0.39 is 0 Å². The Morgan fingerprint density at radius 1 is 0.750 bits per heavy atom. The summed E-state index contributed by atoms with van der Waals surface area (Å²) in [5, 5.41) is 1.15. The highest BCUT2D eigenvalue weighted by atomic mass is 35.5. The van der Waals surface area contributed by atoms with Gasteiger partial charge in [0.15, 0.2) is 0 Å². The van der Waals surface area contributed by atoms with Crippen LogP contribution in [0.25, 0.3) is 0 Å². The van der Waals surface area contributed by atoms with Crippen LogP contribution in [0, 0.1) is 0 Å². The lowest BCUT2D eigenvalue weighted by atomic mass is 10.1. The van der Waals surface area contributed by atoms with Gasteiger partial charge in [-0.25, -0.2) is 0 Å². The van der Waals surface area contributed by atoms with E-state index in [9.17, 15) is 9.59 Å². The van der Waals surface area contributed by atoms with Gasteiger partial charge in [0, 0.05) is 45.8 Å². The fourth-order valence-corrected chi connectivity index (χ4v) is 4.07. The predicted octanol–water partition coefficient (Wildman–Crippen LogP) is 3.41. The van der Waals surface area contributed by atoms with Gasteiger partial charge in [-0.2, -0.15) is 0 Å². The maximum atomic E-state index is 12.4. The second-order valence-electron chi connectivity index (χ2n) is 7.17. The van der Waals surface area contributed by atoms with E-state index in [1.807, 2.05) is 18.2 Å². The molecule has 2 amide bonds. The zero-order valence-corrected chi connectivity index (χ0v) is 16.9. The molecule has 1 saturated heterocycles. The zero-order chi connectivity index (χ0) is 19.7. The number of nitrogens with zero attached hydrogens (tertiary/aromatic N) is 3. The van der Waals surface area contributed by atoms with Crippen LogP contribution in [-0.4, -0.2) is 65.8 Å². The molecule has 0 spiro atoms. The van der Waals surface area contributed by atoms with Gasteiger partial charge in [-0.15, -0.1) is 0 Å². The summed E-state index contributed by atoms with van der Waals surface area (Å²) in [5.74, 6) is -0.363. The Hall–Kier alpha value is -1.92. The van der Waals surface area contributed by atoms with E-state index in [4.69, 9.17) is 23.2 Å². The predicted molar refractivity (Wildman–Crippen MR) is 110 cm³/mol. The summed E-state index contributed by atoms with van der Waals surface area (Å²) in [6.45, 7) is 5.65. The van der Waals surface area contributed by atoms with Gasteiger partial charge in [-0.3, -0.25) is 24.3 Å². The van der Waals surface area contributed by atoms with Crippen molar-refractivity contribution in [3.8, 4) is 0 Å². The molecule has 0 aliphatic carbocycles. The number of imide groups is 1. The van der Waals surface area contributed by atoms with Gasteiger partial charge < -0.3 is 0 Å². The van der Waals surface area contributed by atoms with Crippen LogP contribution < -0.4 is 0 Å². The molecular weight excluding hydrogens is 397 g/mol. The molecule has 0 aromatic heterocycles. The first-order valence-electron chi connectivity index (χ1n) is 9.37. The van der Waals surface area contributed by atoms with Crippen molar-refractivity contribution in [1.29, 1.82) is 0 Å². The Morgan fingerprint density at radius 2 is 1.36 bits per heavy atom. The molecule has 146 valence electrons. The third-order valence-corrected chi connectivity index (χ3v) is 6.11. The van der Waals surface area contributed by atoms with Gasteiger partial charge in [-0.1, -0.05) is 41.4 Å². The van der Waals surface area contributed by atoms with Crippen molar-refractivity contribution in [2.24, 2.45) is 0 Å². The Bertz CT molecular complexity index is 875. The molecule has 0 N–H and O–H groups in total. The fourth-order valence-electron chi connectivity index (χ4n) is 3.75. The molecule has 2 aliphatic rings. The summed E-state index contributed by atoms with van der Waals surface area (Å²) in [7, 11) is 0. The topological polar surface area (TPSA) is 43.9 Å². The van der Waals surface area contributed by atoms with Crippen LogP contribution in [0.2, 0.25) is 10.0 Å². The number of piperazine rings is 1. The van der Waals surface area contributed by atoms with Crippen LogP contribution >= 0.6 is 23.2 Å². The molecule has 2 aromatic carbocycles. The van der Waals surface area contributed by atoms with Crippen molar-refractivity contribution in [1.82, 2.24) is 14.7 Å². The van der Waals surface area contributed by atoms with Crippen LogP contribution in [0.15, 0.2) is 42.5 Å². The van der Waals surface area contributed by atoms with Crippen LogP contribution in [-0.2, 0) is 6.54 Å². The number of carbonyl (C=O) groups is 2. The van der Waals surface area contributed by atoms with Crippen LogP contribution in [0.5, 0.6) is 0 Å². The van der Waals surface area contributed by atoms with Crippen molar-refractivity contribution < 1.29 is 9.59 Å². The molecule has 2 aliphatic heterocycles. The molecule has 4 rings (SSSR count). The van der Waals surface area contributed by atoms with Gasteiger partial charge in [0.2, 0.25) is 0 Å². The maximum Gasteiger partial charge on any atom is 0.261 e. The number of benzene rings is 2. The minimum Gasteiger partial charge on any atom is -0.299 e. The molecule has 2 aromatic rings. The van der Waals surface area contributed by atoms with Crippen molar-refractivity contribution >= 4 is 35.0 Å². The molecular formula is C21H21Cl2N3O2. The average Bonchev–Trinajstić information content (AvgIpc) is 2.95. The van der Waals surface area contributed by atoms with Crippen LogP contribution in [0.4, 0.5) is 0 Å². The van der Waals surface area contributed by atoms with E-state index in [0.29, 0.717) is 34.3 Å². The molecule has 0 atom stereocenters. The molecule has 28 heavy (non-hydrogen) atoms. The molecule has 0 saturated carbocycles. The summed E-state index contributed by atoms with van der Waals surface area (Å²) in [6, 6.07) is 12.8. The van der Waals surface area contributed by atoms with E-state index in [2.05, 4.69) is 9.80 Å². The molecule has 0 unspecified atom stereocenters. The van der Waals surface area contributed by atoms with Gasteiger partial charge in [-0.05, 0) is 29.8 Å². The minimum atomic E-state index is -0.182. The second kappa shape index (κ2) is 8.21. The van der Waals surface area contributed by atoms with Gasteiger partial charge in [0.25, 0.3) is 11.8 Å². The van der Waals surface area contributed by atoms with Crippen LogP contribution in [0.3, 0.4) is 0 Å². The lowest BCUT2D eigenvalue weighted by Gasteiger charge is -2.35. The van der Waals surface area contributed by atoms with Crippen LogP contribution in [0.1, 0.15) is 26.3 Å². The first kappa shape index (κ1) is 19.4. The fraction of sp³-hybridized carbons (Fsp3) is 0.333. The Labute approximate surface area is 174 Å². The number of rotatable bonds is 5. The number of carbonyl (C=O) groups excluding carboxylic acids is 2. The highest BCUT2D eigenvalue weighted by Crippen LogP contribution is 2.24. The molecule has 2 heterocycles. The smallest absolute Gasteiger partial charge is 0.261 e. The highest BCUT2D eigenvalue weighted by Gasteiger charge is 2.35. The quantitative estimate of drug-likeness (QED) is 0.699. The van der Waals surface area contributed by atoms with Gasteiger partial charge in [0.1, 0.15) is 0 Å². The normalized spacial score (nSPS) is 18.0. The number of halogens is 2. The largest absolute Gasteiger partial charge is 0.299 e. The minimum absolute atomic E-state index is 0.182. The van der Waals surface area contributed by atoms with Crippen molar-refractivity contribution in [2.75, 3.05) is 39.3 Å². The van der Waals surface area contributed by atoms with Crippen molar-refractivity contribution in [2.45, 2.75) is 6.54 Å². The third kappa shape index (κ3) is 3.94. The second-order valence-corrected chi connectivity index (χ2v) is 7.99. The Balaban J connectivity index is 1.27. The van der Waals surface area contributed by atoms with E-state index in [-0.39, 0.29) is 11.8 Å². The Morgan fingerprint density at radius 3 is 1.96 bits per heavy atom. The summed E-state index contributed by atoms with van der Waals surface area (Å²) in [6.07, 6.45) is 0. The summed E-state index contributed by atoms with van der Waals surface area (Å²) in [4.78, 5) is 30.9. The zero-order valence-electron chi connectivity index (χ0n) is 15.4. The SMILES string of the molecule is O=C1c2ccccc2C(=O)N1CCN1CCN(Cc2ccc(Cl)c(Cl)c2)CC1. The standard InChI is InChI=1S/C21H21Cl2N3O2/c22-18-6-5-15(13-19(18)23)14-25-9-7-24(8-10-25)11-12-26-20(27)16-3-1-2-4-17(16)21(26)28/h1-6,13H,7-12,14H2. The molecule has 1 fully saturated rings. The van der Waals surface area contributed by atoms with E-state index in [1.165, 1.54) is 4.90 Å². The van der Waals surface area contributed by atoms with E-state index in [0.717, 1.165) is 38.3 Å². The monoisotopic (exact) mass is 417 g/mol. The van der Waals surface area contributed by atoms with Crippen molar-refractivity contribution in [3.63, 3.8) is 0 Å². The summed E-state index contributed by atoms with van der Waals surface area (Å²) < 4.78 is 0. The highest BCUT2D eigenvalue weighted by molar-refractivity contribution is 6.42. The summed E-state index contributed by atoms with van der Waals surface area (Å²) >= 11 is 12.1. The molecule has 0 radical (unpaired) electrons. The molecule has 0 bridgehead atoms. The lowest BCUT2D eigenvalue weighted by Crippen LogP contribution is -2.48. The number of fused-ring (bicyclic) bond motifs is 1. The Kier molecular flexibility index (Phi) is 5.69. The first-order valence-corrected chi connectivity index (χ1v) is 10.1. The average molecular weight is 418 g/mol. The number of hydrogen-bond donors (Lipinski definition) is 0. The molecule has 7 heteroatoms.